The predicted molar refractivity (Wildman–Crippen MR) is 77.8 cm³/mol. The normalized spacial score (nSPS) is 20.5. The molecule has 0 heterocycles. The summed E-state index contributed by atoms with van der Waals surface area (Å²) in [7, 11) is 0. The molecule has 0 saturated heterocycles. The molecule has 0 saturated carbocycles. The molecule has 0 bridgehead atoms. The summed E-state index contributed by atoms with van der Waals surface area (Å²) in [5, 5.41) is 13.4. The molecule has 2 aromatic rings. The minimum atomic E-state index is -0.598. The first-order valence-corrected chi connectivity index (χ1v) is 6.86. The van der Waals surface area contributed by atoms with Crippen molar-refractivity contribution in [2.75, 3.05) is 0 Å². The molecule has 0 radical (unpaired) electrons. The minimum Gasteiger partial charge on any atom is -0.390 e. The van der Waals surface area contributed by atoms with Gasteiger partial charge in [-0.3, -0.25) is 4.79 Å². The summed E-state index contributed by atoms with van der Waals surface area (Å²) in [5.41, 5.74) is 2.47. The lowest BCUT2D eigenvalue weighted by Crippen LogP contribution is -2.34. The second-order valence-electron chi connectivity index (χ2n) is 4.90. The Labute approximate surface area is 122 Å². The monoisotopic (exact) mass is 287 g/mol. The van der Waals surface area contributed by atoms with Gasteiger partial charge in [0.05, 0.1) is 22.7 Å². The largest absolute Gasteiger partial charge is 0.390 e. The standard InChI is InChI=1S/C16H14ClNO2/c17-13-8-4-3-7-12(13)16(20)18-15-11-6-2-1-5-10(11)9-14(15)19/h1-8,14-15,19H,9H2,(H,18,20)/t14-,15+/m1/s1. The average molecular weight is 288 g/mol. The maximum atomic E-state index is 12.3. The Morgan fingerprint density at radius 2 is 1.85 bits per heavy atom. The van der Waals surface area contributed by atoms with E-state index in [1.54, 1.807) is 24.3 Å². The molecule has 0 aliphatic heterocycles. The van der Waals surface area contributed by atoms with Gasteiger partial charge in [0.25, 0.3) is 5.91 Å². The highest BCUT2D eigenvalue weighted by Crippen LogP contribution is 2.31. The Bertz CT molecular complexity index is 656. The SMILES string of the molecule is O=C(N[C@H]1c2ccccc2C[C@H]1O)c1ccccc1Cl. The first kappa shape index (κ1) is 13.2. The van der Waals surface area contributed by atoms with Crippen LogP contribution in [0.1, 0.15) is 27.5 Å². The van der Waals surface area contributed by atoms with Crippen LogP contribution in [0.5, 0.6) is 0 Å². The van der Waals surface area contributed by atoms with Crippen LogP contribution in [-0.4, -0.2) is 17.1 Å². The molecule has 4 heteroatoms. The lowest BCUT2D eigenvalue weighted by Gasteiger charge is -2.18. The molecular formula is C16H14ClNO2. The van der Waals surface area contributed by atoms with E-state index in [1.165, 1.54) is 0 Å². The van der Waals surface area contributed by atoms with E-state index in [9.17, 15) is 9.90 Å². The fourth-order valence-corrected chi connectivity index (χ4v) is 2.83. The molecule has 102 valence electrons. The smallest absolute Gasteiger partial charge is 0.253 e. The van der Waals surface area contributed by atoms with E-state index in [0.29, 0.717) is 17.0 Å². The quantitative estimate of drug-likeness (QED) is 0.892. The van der Waals surface area contributed by atoms with E-state index in [2.05, 4.69) is 5.32 Å². The second kappa shape index (κ2) is 5.27. The molecule has 3 rings (SSSR count). The highest BCUT2D eigenvalue weighted by atomic mass is 35.5. The van der Waals surface area contributed by atoms with Gasteiger partial charge in [-0.25, -0.2) is 0 Å². The number of halogens is 1. The van der Waals surface area contributed by atoms with Crippen LogP contribution in [0, 0.1) is 0 Å². The summed E-state index contributed by atoms with van der Waals surface area (Å²) in [5.74, 6) is -0.267. The third kappa shape index (κ3) is 2.30. The van der Waals surface area contributed by atoms with Crippen LogP contribution in [0.3, 0.4) is 0 Å². The summed E-state index contributed by atoms with van der Waals surface area (Å²) < 4.78 is 0. The Balaban J connectivity index is 1.85. The van der Waals surface area contributed by atoms with Gasteiger partial charge in [0, 0.05) is 6.42 Å². The third-order valence-electron chi connectivity index (χ3n) is 3.61. The predicted octanol–water partition coefficient (Wildman–Crippen LogP) is 2.73. The van der Waals surface area contributed by atoms with Crippen molar-refractivity contribution in [2.24, 2.45) is 0 Å². The van der Waals surface area contributed by atoms with Gasteiger partial charge in [0.15, 0.2) is 0 Å². The molecule has 1 aliphatic carbocycles. The number of carbonyl (C=O) groups is 1. The van der Waals surface area contributed by atoms with Crippen LogP contribution in [-0.2, 0) is 6.42 Å². The number of hydrogen-bond donors (Lipinski definition) is 2. The Hall–Kier alpha value is -1.84. The highest BCUT2D eigenvalue weighted by molar-refractivity contribution is 6.33. The molecule has 2 atom stereocenters. The first-order valence-electron chi connectivity index (χ1n) is 6.48. The van der Waals surface area contributed by atoms with Crippen molar-refractivity contribution in [3.63, 3.8) is 0 Å². The van der Waals surface area contributed by atoms with E-state index >= 15 is 0 Å². The molecule has 2 aromatic carbocycles. The van der Waals surface area contributed by atoms with Crippen molar-refractivity contribution in [2.45, 2.75) is 18.6 Å². The summed E-state index contributed by atoms with van der Waals surface area (Å²) in [6.45, 7) is 0. The molecule has 0 spiro atoms. The van der Waals surface area contributed by atoms with Gasteiger partial charge < -0.3 is 10.4 Å². The average Bonchev–Trinajstić information content (AvgIpc) is 2.76. The number of aliphatic hydroxyl groups is 1. The van der Waals surface area contributed by atoms with Crippen molar-refractivity contribution in [1.82, 2.24) is 5.32 Å². The van der Waals surface area contributed by atoms with Crippen LogP contribution in [0.15, 0.2) is 48.5 Å². The summed E-state index contributed by atoms with van der Waals surface area (Å²) >= 11 is 6.02. The van der Waals surface area contributed by atoms with Crippen molar-refractivity contribution in [1.29, 1.82) is 0 Å². The summed E-state index contributed by atoms with van der Waals surface area (Å²) in [6.07, 6.45) is -0.0391. The molecule has 0 aromatic heterocycles. The number of aliphatic hydroxyl groups excluding tert-OH is 1. The topological polar surface area (TPSA) is 49.3 Å². The zero-order valence-corrected chi connectivity index (χ0v) is 11.5. The zero-order chi connectivity index (χ0) is 14.1. The van der Waals surface area contributed by atoms with Crippen molar-refractivity contribution in [3.05, 3.63) is 70.2 Å². The number of carbonyl (C=O) groups excluding carboxylic acids is 1. The second-order valence-corrected chi connectivity index (χ2v) is 5.31. The van der Waals surface area contributed by atoms with Gasteiger partial charge in [-0.2, -0.15) is 0 Å². The molecule has 3 nitrogen and oxygen atoms in total. The van der Waals surface area contributed by atoms with E-state index in [0.717, 1.165) is 11.1 Å². The highest BCUT2D eigenvalue weighted by Gasteiger charge is 2.32. The van der Waals surface area contributed by atoms with Gasteiger partial charge >= 0.3 is 0 Å². The van der Waals surface area contributed by atoms with E-state index in [4.69, 9.17) is 11.6 Å². The van der Waals surface area contributed by atoms with Crippen LogP contribution in [0.4, 0.5) is 0 Å². The molecule has 20 heavy (non-hydrogen) atoms. The van der Waals surface area contributed by atoms with Crippen LogP contribution in [0.2, 0.25) is 5.02 Å². The van der Waals surface area contributed by atoms with Gasteiger partial charge in [0.1, 0.15) is 0 Å². The number of amides is 1. The Morgan fingerprint density at radius 1 is 1.15 bits per heavy atom. The fourth-order valence-electron chi connectivity index (χ4n) is 2.61. The van der Waals surface area contributed by atoms with E-state index in [1.807, 2.05) is 24.3 Å². The lowest BCUT2D eigenvalue weighted by molar-refractivity contribution is 0.0858. The molecule has 1 aliphatic rings. The maximum Gasteiger partial charge on any atom is 0.253 e. The van der Waals surface area contributed by atoms with Gasteiger partial charge in [-0.1, -0.05) is 48.0 Å². The number of rotatable bonds is 2. The molecular weight excluding hydrogens is 274 g/mol. The van der Waals surface area contributed by atoms with Crippen molar-refractivity contribution < 1.29 is 9.90 Å². The molecule has 0 fully saturated rings. The van der Waals surface area contributed by atoms with E-state index < -0.39 is 6.10 Å². The lowest BCUT2D eigenvalue weighted by atomic mass is 10.1. The molecule has 0 unspecified atom stereocenters. The van der Waals surface area contributed by atoms with Gasteiger partial charge in [0.2, 0.25) is 0 Å². The minimum absolute atomic E-state index is 0.267. The number of benzene rings is 2. The van der Waals surface area contributed by atoms with Crippen LogP contribution in [0.25, 0.3) is 0 Å². The van der Waals surface area contributed by atoms with E-state index in [-0.39, 0.29) is 11.9 Å². The summed E-state index contributed by atoms with van der Waals surface area (Å²) in [4.78, 5) is 12.3. The van der Waals surface area contributed by atoms with Crippen molar-refractivity contribution in [3.8, 4) is 0 Å². The van der Waals surface area contributed by atoms with Crippen molar-refractivity contribution >= 4 is 17.5 Å². The molecule has 2 N–H and O–H groups in total. The summed E-state index contributed by atoms with van der Waals surface area (Å²) in [6, 6.07) is 14.3. The van der Waals surface area contributed by atoms with Gasteiger partial charge in [-0.05, 0) is 23.3 Å². The Morgan fingerprint density at radius 3 is 2.65 bits per heavy atom. The molecule has 1 amide bonds. The number of nitrogens with one attached hydrogen (secondary N) is 1. The van der Waals surface area contributed by atoms with Crippen LogP contribution >= 0.6 is 11.6 Å². The zero-order valence-electron chi connectivity index (χ0n) is 10.7. The number of fused-ring (bicyclic) bond motifs is 1. The number of hydrogen-bond acceptors (Lipinski definition) is 2. The first-order chi connectivity index (χ1) is 9.66. The Kier molecular flexibility index (Phi) is 3.47. The van der Waals surface area contributed by atoms with Gasteiger partial charge in [-0.15, -0.1) is 0 Å². The fraction of sp³-hybridized carbons (Fsp3) is 0.188. The third-order valence-corrected chi connectivity index (χ3v) is 3.94. The maximum absolute atomic E-state index is 12.3. The van der Waals surface area contributed by atoms with Crippen LogP contribution < -0.4 is 5.32 Å².